The van der Waals surface area contributed by atoms with Crippen LogP contribution in [0, 0.1) is 5.92 Å². The highest BCUT2D eigenvalue weighted by atomic mass is 16.4. The van der Waals surface area contributed by atoms with Crippen molar-refractivity contribution in [3.8, 4) is 0 Å². The molecule has 2 aromatic rings. The topological polar surface area (TPSA) is 98.3 Å². The summed E-state index contributed by atoms with van der Waals surface area (Å²) in [4.78, 5) is 35.0. The van der Waals surface area contributed by atoms with Crippen LogP contribution in [-0.4, -0.2) is 17.8 Å². The van der Waals surface area contributed by atoms with Crippen molar-refractivity contribution in [2.24, 2.45) is 5.92 Å². The zero-order valence-corrected chi connectivity index (χ0v) is 12.7. The summed E-state index contributed by atoms with van der Waals surface area (Å²) in [5.41, 5.74) is 1.07. The first-order chi connectivity index (χ1) is 11.5. The molecule has 0 heterocycles. The number of hydrogen-bond donors (Lipinski definition) is 2. The van der Waals surface area contributed by atoms with Crippen molar-refractivity contribution in [2.45, 2.75) is 12.8 Å². The van der Waals surface area contributed by atoms with Gasteiger partial charge in [-0.3, -0.25) is 9.59 Å². The predicted molar refractivity (Wildman–Crippen MR) is 86.5 cm³/mol. The zero-order chi connectivity index (χ0) is 17.1. The van der Waals surface area contributed by atoms with E-state index < -0.39 is 11.9 Å². The molecule has 0 saturated heterocycles. The highest BCUT2D eigenvalue weighted by Crippen LogP contribution is 2.30. The fraction of sp³-hybridized carbons (Fsp3) is 0.167. The summed E-state index contributed by atoms with van der Waals surface area (Å²) in [5.74, 6) is -1.70. The lowest BCUT2D eigenvalue weighted by Gasteiger charge is -2.12. The number of amides is 2. The number of carboxylic acids is 1. The van der Waals surface area contributed by atoms with Gasteiger partial charge in [0.1, 0.15) is 0 Å². The number of carbonyl (C=O) groups is 3. The first-order valence-corrected chi connectivity index (χ1v) is 7.57. The molecule has 0 aromatic heterocycles. The van der Waals surface area contributed by atoms with Crippen LogP contribution in [0.4, 0.5) is 11.4 Å². The Labute approximate surface area is 138 Å². The molecule has 0 unspecified atom stereocenters. The van der Waals surface area contributed by atoms with Crippen molar-refractivity contribution < 1.29 is 19.5 Å². The largest absolute Gasteiger partial charge is 0.545 e. The number of carboxylic acid groups (broad SMARTS) is 1. The van der Waals surface area contributed by atoms with Crippen LogP contribution in [0.1, 0.15) is 33.6 Å². The second kappa shape index (κ2) is 6.54. The van der Waals surface area contributed by atoms with Gasteiger partial charge in [0.2, 0.25) is 5.91 Å². The van der Waals surface area contributed by atoms with Crippen LogP contribution in [0.3, 0.4) is 0 Å². The van der Waals surface area contributed by atoms with E-state index in [0.717, 1.165) is 12.8 Å². The van der Waals surface area contributed by atoms with Gasteiger partial charge in [-0.25, -0.2) is 0 Å². The summed E-state index contributed by atoms with van der Waals surface area (Å²) >= 11 is 0. The fourth-order valence-electron chi connectivity index (χ4n) is 2.26. The minimum atomic E-state index is -1.36. The van der Waals surface area contributed by atoms with Gasteiger partial charge in [0.15, 0.2) is 0 Å². The second-order valence-electron chi connectivity index (χ2n) is 5.63. The molecule has 2 N–H and O–H groups in total. The standard InChI is InChI=1S/C18H16N2O4/c21-16(11-5-6-11)19-13-9-7-12(8-10-13)17(22)20-15-4-2-1-3-14(15)18(23)24/h1-4,7-11H,5-6H2,(H,19,21)(H,20,22)(H,23,24)/p-1. The maximum atomic E-state index is 12.2. The first-order valence-electron chi connectivity index (χ1n) is 7.57. The summed E-state index contributed by atoms with van der Waals surface area (Å²) in [6.45, 7) is 0. The van der Waals surface area contributed by atoms with Gasteiger partial charge >= 0.3 is 0 Å². The Morgan fingerprint density at radius 1 is 0.917 bits per heavy atom. The van der Waals surface area contributed by atoms with Crippen molar-refractivity contribution in [3.05, 3.63) is 59.7 Å². The number of aromatic carboxylic acids is 1. The van der Waals surface area contributed by atoms with Crippen LogP contribution < -0.4 is 15.7 Å². The molecule has 0 radical (unpaired) electrons. The molecule has 3 rings (SSSR count). The van der Waals surface area contributed by atoms with E-state index in [9.17, 15) is 19.5 Å². The molecule has 0 spiro atoms. The summed E-state index contributed by atoms with van der Waals surface area (Å²) in [6.07, 6.45) is 1.84. The lowest BCUT2D eigenvalue weighted by atomic mass is 10.1. The normalized spacial score (nSPS) is 13.2. The maximum Gasteiger partial charge on any atom is 0.255 e. The number of nitrogens with one attached hydrogen (secondary N) is 2. The molecule has 6 nitrogen and oxygen atoms in total. The molecule has 122 valence electrons. The number of carbonyl (C=O) groups excluding carboxylic acids is 3. The summed E-state index contributed by atoms with van der Waals surface area (Å²) in [5, 5.41) is 16.4. The summed E-state index contributed by atoms with van der Waals surface area (Å²) in [7, 11) is 0. The van der Waals surface area contributed by atoms with Crippen LogP contribution in [0.5, 0.6) is 0 Å². The van der Waals surface area contributed by atoms with Crippen LogP contribution in [0.15, 0.2) is 48.5 Å². The fourth-order valence-corrected chi connectivity index (χ4v) is 2.26. The third kappa shape index (κ3) is 3.60. The third-order valence-corrected chi connectivity index (χ3v) is 3.76. The molecule has 1 aliphatic rings. The molecule has 24 heavy (non-hydrogen) atoms. The number of rotatable bonds is 5. The molecule has 0 bridgehead atoms. The van der Waals surface area contributed by atoms with E-state index in [0.29, 0.717) is 11.3 Å². The molecular weight excluding hydrogens is 308 g/mol. The van der Waals surface area contributed by atoms with Gasteiger partial charge < -0.3 is 20.5 Å². The SMILES string of the molecule is O=C(Nc1ccccc1C(=O)[O-])c1ccc(NC(=O)C2CC2)cc1. The molecule has 1 aliphatic carbocycles. The average molecular weight is 323 g/mol. The highest BCUT2D eigenvalue weighted by molar-refractivity contribution is 6.07. The molecule has 1 fully saturated rings. The van der Waals surface area contributed by atoms with Crippen LogP contribution in [0.25, 0.3) is 0 Å². The minimum Gasteiger partial charge on any atom is -0.545 e. The van der Waals surface area contributed by atoms with E-state index in [2.05, 4.69) is 10.6 Å². The first kappa shape index (κ1) is 15.7. The molecule has 6 heteroatoms. The Bertz CT molecular complexity index is 795. The Morgan fingerprint density at radius 3 is 2.21 bits per heavy atom. The molecule has 0 aliphatic heterocycles. The Balaban J connectivity index is 1.69. The van der Waals surface area contributed by atoms with Crippen molar-refractivity contribution in [1.82, 2.24) is 0 Å². The highest BCUT2D eigenvalue weighted by Gasteiger charge is 2.29. The average Bonchev–Trinajstić information content (AvgIpc) is 3.40. The predicted octanol–water partition coefficient (Wildman–Crippen LogP) is 1.65. The Morgan fingerprint density at radius 2 is 1.58 bits per heavy atom. The summed E-state index contributed by atoms with van der Waals surface area (Å²) in [6, 6.07) is 12.4. The number of hydrogen-bond acceptors (Lipinski definition) is 4. The van der Waals surface area contributed by atoms with Crippen molar-refractivity contribution in [1.29, 1.82) is 0 Å². The van der Waals surface area contributed by atoms with E-state index in [1.54, 1.807) is 36.4 Å². The Kier molecular flexibility index (Phi) is 4.29. The minimum absolute atomic E-state index is 0.00455. The van der Waals surface area contributed by atoms with E-state index in [4.69, 9.17) is 0 Å². The molecular formula is C18H15N2O4-. The van der Waals surface area contributed by atoms with Crippen LogP contribution >= 0.6 is 0 Å². The Hall–Kier alpha value is -3.15. The van der Waals surface area contributed by atoms with Crippen LogP contribution in [-0.2, 0) is 4.79 Å². The van der Waals surface area contributed by atoms with Crippen molar-refractivity contribution in [3.63, 3.8) is 0 Å². The van der Waals surface area contributed by atoms with Gasteiger partial charge in [-0.1, -0.05) is 18.2 Å². The summed E-state index contributed by atoms with van der Waals surface area (Å²) < 4.78 is 0. The lowest BCUT2D eigenvalue weighted by Crippen LogP contribution is -2.24. The monoisotopic (exact) mass is 323 g/mol. The molecule has 0 atom stereocenters. The quantitative estimate of drug-likeness (QED) is 0.874. The zero-order valence-electron chi connectivity index (χ0n) is 12.7. The molecule has 1 saturated carbocycles. The second-order valence-corrected chi connectivity index (χ2v) is 5.63. The van der Waals surface area contributed by atoms with Gasteiger partial charge in [0, 0.05) is 22.7 Å². The number of anilines is 2. The third-order valence-electron chi connectivity index (χ3n) is 3.76. The van der Waals surface area contributed by atoms with Gasteiger partial charge in [0.05, 0.1) is 11.7 Å². The van der Waals surface area contributed by atoms with Gasteiger partial charge in [-0.05, 0) is 43.2 Å². The van der Waals surface area contributed by atoms with Crippen LogP contribution in [0.2, 0.25) is 0 Å². The lowest BCUT2D eigenvalue weighted by molar-refractivity contribution is -0.254. The van der Waals surface area contributed by atoms with E-state index >= 15 is 0 Å². The molecule has 2 amide bonds. The maximum absolute atomic E-state index is 12.2. The van der Waals surface area contributed by atoms with Gasteiger partial charge in [-0.15, -0.1) is 0 Å². The van der Waals surface area contributed by atoms with Gasteiger partial charge in [-0.2, -0.15) is 0 Å². The van der Waals surface area contributed by atoms with E-state index in [1.807, 2.05) is 0 Å². The number of benzene rings is 2. The number of para-hydroxylation sites is 1. The van der Waals surface area contributed by atoms with E-state index in [1.165, 1.54) is 12.1 Å². The van der Waals surface area contributed by atoms with Crippen molar-refractivity contribution in [2.75, 3.05) is 10.6 Å². The van der Waals surface area contributed by atoms with E-state index in [-0.39, 0.29) is 23.1 Å². The van der Waals surface area contributed by atoms with Gasteiger partial charge in [0.25, 0.3) is 5.91 Å². The smallest absolute Gasteiger partial charge is 0.255 e. The van der Waals surface area contributed by atoms with Crippen molar-refractivity contribution >= 4 is 29.2 Å². The molecule has 2 aromatic carbocycles.